The summed E-state index contributed by atoms with van der Waals surface area (Å²) in [7, 11) is 0. The Bertz CT molecular complexity index is 251. The first kappa shape index (κ1) is 15.3. The number of ether oxygens (including phenoxy) is 1. The number of rotatable bonds is 7. The summed E-state index contributed by atoms with van der Waals surface area (Å²) in [4.78, 5) is 2.69. The summed E-state index contributed by atoms with van der Waals surface area (Å²) in [5, 5.41) is 3.64. The third kappa shape index (κ3) is 4.44. The molecule has 2 rings (SSSR count). The van der Waals surface area contributed by atoms with Crippen molar-refractivity contribution in [2.24, 2.45) is 11.3 Å². The van der Waals surface area contributed by atoms with Gasteiger partial charge in [0.25, 0.3) is 0 Å². The van der Waals surface area contributed by atoms with E-state index in [-0.39, 0.29) is 0 Å². The van der Waals surface area contributed by atoms with E-state index in [1.165, 1.54) is 51.7 Å². The van der Waals surface area contributed by atoms with E-state index in [1.807, 2.05) is 0 Å². The molecule has 112 valence electrons. The van der Waals surface area contributed by atoms with Gasteiger partial charge in [-0.25, -0.2) is 0 Å². The van der Waals surface area contributed by atoms with E-state index in [0.29, 0.717) is 5.41 Å². The number of nitrogens with one attached hydrogen (secondary N) is 1. The molecule has 0 aromatic carbocycles. The van der Waals surface area contributed by atoms with Crippen molar-refractivity contribution >= 4 is 0 Å². The zero-order valence-corrected chi connectivity index (χ0v) is 12.9. The lowest BCUT2D eigenvalue weighted by Gasteiger charge is -2.40. The maximum Gasteiger partial charge on any atom is 0.0546 e. The number of hydrogen-bond donors (Lipinski definition) is 1. The third-order valence-corrected chi connectivity index (χ3v) is 4.84. The minimum Gasteiger partial charge on any atom is -0.381 e. The van der Waals surface area contributed by atoms with Crippen LogP contribution in [0.3, 0.4) is 0 Å². The molecule has 2 atom stereocenters. The summed E-state index contributed by atoms with van der Waals surface area (Å²) >= 11 is 0. The van der Waals surface area contributed by atoms with Crippen molar-refractivity contribution in [3.63, 3.8) is 0 Å². The lowest BCUT2D eigenvalue weighted by Crippen LogP contribution is -2.48. The topological polar surface area (TPSA) is 24.5 Å². The maximum absolute atomic E-state index is 5.81. The van der Waals surface area contributed by atoms with Gasteiger partial charge in [0, 0.05) is 31.7 Å². The Labute approximate surface area is 119 Å². The smallest absolute Gasteiger partial charge is 0.0546 e. The molecular weight excluding hydrogens is 236 g/mol. The summed E-state index contributed by atoms with van der Waals surface area (Å²) in [6, 6.07) is 0. The lowest BCUT2D eigenvalue weighted by molar-refractivity contribution is -0.0234. The first-order valence-corrected chi connectivity index (χ1v) is 8.29. The van der Waals surface area contributed by atoms with Gasteiger partial charge in [0.2, 0.25) is 0 Å². The van der Waals surface area contributed by atoms with Crippen LogP contribution in [0.1, 0.15) is 46.0 Å². The van der Waals surface area contributed by atoms with Gasteiger partial charge in [0.15, 0.2) is 0 Å². The van der Waals surface area contributed by atoms with Crippen LogP contribution < -0.4 is 5.32 Å². The van der Waals surface area contributed by atoms with Crippen molar-refractivity contribution in [1.29, 1.82) is 0 Å². The Morgan fingerprint density at radius 3 is 2.89 bits per heavy atom. The molecule has 0 aromatic heterocycles. The van der Waals surface area contributed by atoms with Crippen molar-refractivity contribution in [2.45, 2.75) is 46.0 Å². The van der Waals surface area contributed by atoms with Crippen LogP contribution in [-0.4, -0.2) is 50.8 Å². The Kier molecular flexibility index (Phi) is 6.11. The van der Waals surface area contributed by atoms with Gasteiger partial charge in [-0.15, -0.1) is 0 Å². The van der Waals surface area contributed by atoms with E-state index in [1.54, 1.807) is 0 Å². The highest BCUT2D eigenvalue weighted by atomic mass is 16.5. The SMILES string of the molecule is CCCNCC1(CN2CCC(CC)C2)CCCOC1. The van der Waals surface area contributed by atoms with Gasteiger partial charge < -0.3 is 15.0 Å². The minimum atomic E-state index is 0.371. The van der Waals surface area contributed by atoms with Crippen molar-refractivity contribution in [1.82, 2.24) is 10.2 Å². The summed E-state index contributed by atoms with van der Waals surface area (Å²) < 4.78 is 5.81. The fourth-order valence-electron chi connectivity index (χ4n) is 3.62. The zero-order valence-electron chi connectivity index (χ0n) is 12.9. The highest BCUT2D eigenvalue weighted by Gasteiger charge is 2.36. The summed E-state index contributed by atoms with van der Waals surface area (Å²) in [6.07, 6.45) is 6.53. The summed E-state index contributed by atoms with van der Waals surface area (Å²) in [5.41, 5.74) is 0.371. The molecule has 0 aromatic rings. The number of hydrogen-bond acceptors (Lipinski definition) is 3. The summed E-state index contributed by atoms with van der Waals surface area (Å²) in [6.45, 7) is 12.6. The van der Waals surface area contributed by atoms with E-state index in [9.17, 15) is 0 Å². The predicted molar refractivity (Wildman–Crippen MR) is 80.5 cm³/mol. The normalized spacial score (nSPS) is 32.8. The number of nitrogens with zero attached hydrogens (tertiary/aromatic N) is 1. The maximum atomic E-state index is 5.81. The monoisotopic (exact) mass is 268 g/mol. The van der Waals surface area contributed by atoms with Crippen LogP contribution in [0.2, 0.25) is 0 Å². The van der Waals surface area contributed by atoms with Crippen molar-refractivity contribution in [3.05, 3.63) is 0 Å². The van der Waals surface area contributed by atoms with Crippen LogP contribution in [0, 0.1) is 11.3 Å². The van der Waals surface area contributed by atoms with Crippen LogP contribution in [0.5, 0.6) is 0 Å². The van der Waals surface area contributed by atoms with Gasteiger partial charge in [0.05, 0.1) is 6.61 Å². The van der Waals surface area contributed by atoms with Gasteiger partial charge in [-0.05, 0) is 44.7 Å². The van der Waals surface area contributed by atoms with Gasteiger partial charge in [-0.1, -0.05) is 20.3 Å². The summed E-state index contributed by atoms with van der Waals surface area (Å²) in [5.74, 6) is 0.935. The molecule has 3 heteroatoms. The molecule has 0 bridgehead atoms. The molecule has 0 spiro atoms. The van der Waals surface area contributed by atoms with Crippen LogP contribution >= 0.6 is 0 Å². The van der Waals surface area contributed by atoms with Crippen LogP contribution in [0.15, 0.2) is 0 Å². The number of likely N-dealkylation sites (tertiary alicyclic amines) is 1. The molecule has 0 saturated carbocycles. The van der Waals surface area contributed by atoms with Gasteiger partial charge in [-0.3, -0.25) is 0 Å². The molecule has 19 heavy (non-hydrogen) atoms. The van der Waals surface area contributed by atoms with Gasteiger partial charge in [0.1, 0.15) is 0 Å². The molecule has 2 aliphatic rings. The van der Waals surface area contributed by atoms with E-state index in [4.69, 9.17) is 4.74 Å². The average Bonchev–Trinajstić information content (AvgIpc) is 2.87. The molecule has 1 N–H and O–H groups in total. The Morgan fingerprint density at radius 2 is 2.26 bits per heavy atom. The molecule has 2 heterocycles. The fourth-order valence-corrected chi connectivity index (χ4v) is 3.62. The molecule has 2 aliphatic heterocycles. The van der Waals surface area contributed by atoms with E-state index in [0.717, 1.165) is 32.2 Å². The molecule has 2 unspecified atom stereocenters. The molecule has 2 fully saturated rings. The molecule has 0 amide bonds. The second-order valence-corrected chi connectivity index (χ2v) is 6.63. The van der Waals surface area contributed by atoms with Crippen molar-refractivity contribution in [3.8, 4) is 0 Å². The van der Waals surface area contributed by atoms with E-state index in [2.05, 4.69) is 24.1 Å². The molecule has 0 aliphatic carbocycles. The molecule has 2 saturated heterocycles. The van der Waals surface area contributed by atoms with Crippen molar-refractivity contribution < 1.29 is 4.74 Å². The highest BCUT2D eigenvalue weighted by molar-refractivity contribution is 4.89. The van der Waals surface area contributed by atoms with E-state index >= 15 is 0 Å². The first-order chi connectivity index (χ1) is 9.28. The highest BCUT2D eigenvalue weighted by Crippen LogP contribution is 2.31. The van der Waals surface area contributed by atoms with Crippen LogP contribution in [0.25, 0.3) is 0 Å². The molecule has 3 nitrogen and oxygen atoms in total. The second kappa shape index (κ2) is 7.61. The van der Waals surface area contributed by atoms with Crippen LogP contribution in [0.4, 0.5) is 0 Å². The standard InChI is InChI=1S/C16H32N2O/c1-3-8-17-12-16(7-5-10-19-14-16)13-18-9-6-15(4-2)11-18/h15,17H,3-14H2,1-2H3. The van der Waals surface area contributed by atoms with Gasteiger partial charge in [-0.2, -0.15) is 0 Å². The largest absolute Gasteiger partial charge is 0.381 e. The predicted octanol–water partition coefficient (Wildman–Crippen LogP) is 2.51. The average molecular weight is 268 g/mol. The fraction of sp³-hybridized carbons (Fsp3) is 1.00. The minimum absolute atomic E-state index is 0.371. The second-order valence-electron chi connectivity index (χ2n) is 6.63. The molecular formula is C16H32N2O. The Hall–Kier alpha value is -0.120. The van der Waals surface area contributed by atoms with Gasteiger partial charge >= 0.3 is 0 Å². The van der Waals surface area contributed by atoms with E-state index < -0.39 is 0 Å². The Morgan fingerprint density at radius 1 is 1.37 bits per heavy atom. The first-order valence-electron chi connectivity index (χ1n) is 8.29. The quantitative estimate of drug-likeness (QED) is 0.718. The lowest BCUT2D eigenvalue weighted by atomic mass is 9.81. The molecule has 0 radical (unpaired) electrons. The Balaban J connectivity index is 1.86. The van der Waals surface area contributed by atoms with Crippen molar-refractivity contribution in [2.75, 3.05) is 45.9 Å². The van der Waals surface area contributed by atoms with Crippen LogP contribution in [-0.2, 0) is 4.74 Å². The third-order valence-electron chi connectivity index (χ3n) is 4.84. The zero-order chi connectivity index (χ0) is 13.6.